The minimum Gasteiger partial charge on any atom is -0.396 e. The Morgan fingerprint density at radius 3 is 2.89 bits per heavy atom. The zero-order chi connectivity index (χ0) is 13.9. The van der Waals surface area contributed by atoms with Crippen LogP contribution in [-0.2, 0) is 0 Å². The average molecular weight is 262 g/mol. The Labute approximate surface area is 116 Å². The van der Waals surface area contributed by atoms with Gasteiger partial charge in [0.05, 0.1) is 0 Å². The fourth-order valence-electron chi connectivity index (χ4n) is 2.85. The summed E-state index contributed by atoms with van der Waals surface area (Å²) in [6.45, 7) is 9.96. The maximum absolute atomic E-state index is 9.31. The van der Waals surface area contributed by atoms with E-state index in [1.807, 2.05) is 0 Å². The summed E-state index contributed by atoms with van der Waals surface area (Å²) < 4.78 is 0. The highest BCUT2D eigenvalue weighted by atomic mass is 16.3. The first kappa shape index (κ1) is 14.4. The quantitative estimate of drug-likeness (QED) is 0.876. The summed E-state index contributed by atoms with van der Waals surface area (Å²) in [7, 11) is 0. The lowest BCUT2D eigenvalue weighted by Gasteiger charge is -2.36. The van der Waals surface area contributed by atoms with Crippen molar-refractivity contribution in [3.8, 4) is 0 Å². The Hall–Kier alpha value is -1.06. The second-order valence-corrected chi connectivity index (χ2v) is 6.43. The van der Waals surface area contributed by atoms with Gasteiger partial charge in [0.25, 0.3) is 0 Å². The summed E-state index contributed by atoms with van der Waals surface area (Å²) in [5.41, 5.74) is 2.80. The molecule has 1 aromatic rings. The van der Waals surface area contributed by atoms with Crippen molar-refractivity contribution >= 4 is 5.69 Å². The lowest BCUT2D eigenvalue weighted by atomic mass is 9.92. The van der Waals surface area contributed by atoms with Gasteiger partial charge in [0.1, 0.15) is 0 Å². The van der Waals surface area contributed by atoms with Crippen LogP contribution in [0.15, 0.2) is 24.3 Å². The van der Waals surface area contributed by atoms with Crippen LogP contribution in [0.3, 0.4) is 0 Å². The third kappa shape index (κ3) is 3.71. The van der Waals surface area contributed by atoms with Crippen LogP contribution in [0.2, 0.25) is 0 Å². The number of hydrogen-bond donors (Lipinski definition) is 2. The maximum Gasteiger partial charge on any atom is 0.0451 e. The van der Waals surface area contributed by atoms with Crippen molar-refractivity contribution in [3.05, 3.63) is 29.8 Å². The predicted molar refractivity (Wildman–Crippen MR) is 80.7 cm³/mol. The number of anilines is 1. The van der Waals surface area contributed by atoms with Crippen LogP contribution in [0.1, 0.15) is 25.8 Å². The van der Waals surface area contributed by atoms with Gasteiger partial charge >= 0.3 is 0 Å². The number of benzene rings is 1. The van der Waals surface area contributed by atoms with E-state index in [1.54, 1.807) is 0 Å². The molecule has 0 aromatic heterocycles. The van der Waals surface area contributed by atoms with Crippen molar-refractivity contribution in [2.75, 3.05) is 31.1 Å². The second-order valence-electron chi connectivity index (χ2n) is 6.43. The molecule has 2 rings (SSSR count). The van der Waals surface area contributed by atoms with Crippen molar-refractivity contribution in [1.29, 1.82) is 0 Å². The zero-order valence-corrected chi connectivity index (χ0v) is 12.3. The van der Waals surface area contributed by atoms with Crippen molar-refractivity contribution < 1.29 is 5.11 Å². The number of aliphatic hydroxyl groups is 1. The van der Waals surface area contributed by atoms with E-state index >= 15 is 0 Å². The summed E-state index contributed by atoms with van der Waals surface area (Å²) in [4.78, 5) is 2.46. The number of rotatable bonds is 3. The van der Waals surface area contributed by atoms with Gasteiger partial charge in [-0.3, -0.25) is 0 Å². The van der Waals surface area contributed by atoms with Crippen LogP contribution in [0.5, 0.6) is 0 Å². The van der Waals surface area contributed by atoms with Crippen LogP contribution in [0, 0.1) is 12.3 Å². The zero-order valence-electron chi connectivity index (χ0n) is 12.3. The smallest absolute Gasteiger partial charge is 0.0451 e. The minimum atomic E-state index is 0.244. The van der Waals surface area contributed by atoms with Gasteiger partial charge in [-0.05, 0) is 36.5 Å². The first-order valence-electron chi connectivity index (χ1n) is 7.17. The molecule has 3 nitrogen and oxygen atoms in total. The molecule has 19 heavy (non-hydrogen) atoms. The van der Waals surface area contributed by atoms with E-state index in [-0.39, 0.29) is 12.0 Å². The molecule has 0 saturated carbocycles. The number of aliphatic hydroxyl groups excluding tert-OH is 1. The van der Waals surface area contributed by atoms with Gasteiger partial charge < -0.3 is 15.3 Å². The van der Waals surface area contributed by atoms with Crippen molar-refractivity contribution in [2.45, 2.75) is 33.2 Å². The van der Waals surface area contributed by atoms with Crippen LogP contribution in [0.4, 0.5) is 5.69 Å². The largest absolute Gasteiger partial charge is 0.396 e. The Morgan fingerprint density at radius 2 is 2.21 bits per heavy atom. The van der Waals surface area contributed by atoms with E-state index in [4.69, 9.17) is 0 Å². The van der Waals surface area contributed by atoms with Gasteiger partial charge in [0, 0.05) is 38.0 Å². The van der Waals surface area contributed by atoms with Crippen molar-refractivity contribution in [1.82, 2.24) is 5.32 Å². The molecule has 106 valence electrons. The van der Waals surface area contributed by atoms with E-state index in [0.29, 0.717) is 6.04 Å². The third-order valence-corrected chi connectivity index (χ3v) is 3.82. The number of nitrogens with one attached hydrogen (secondary N) is 1. The fourth-order valence-corrected chi connectivity index (χ4v) is 2.85. The molecule has 0 spiro atoms. The van der Waals surface area contributed by atoms with Gasteiger partial charge in [0.15, 0.2) is 0 Å². The second kappa shape index (κ2) is 5.93. The molecular formula is C16H26N2O. The monoisotopic (exact) mass is 262 g/mol. The predicted octanol–water partition coefficient (Wildman–Crippen LogP) is 2.18. The molecule has 0 aliphatic carbocycles. The summed E-state index contributed by atoms with van der Waals surface area (Å²) in [5, 5.41) is 12.8. The van der Waals surface area contributed by atoms with Crippen LogP contribution in [-0.4, -0.2) is 37.4 Å². The van der Waals surface area contributed by atoms with E-state index in [1.165, 1.54) is 11.3 Å². The first-order valence-corrected chi connectivity index (χ1v) is 7.17. The molecule has 1 heterocycles. The fraction of sp³-hybridized carbons (Fsp3) is 0.625. The molecular weight excluding hydrogens is 236 g/mol. The highest BCUT2D eigenvalue weighted by molar-refractivity contribution is 5.50. The van der Waals surface area contributed by atoms with Crippen LogP contribution < -0.4 is 10.2 Å². The number of aryl methyl sites for hydroxylation is 1. The van der Waals surface area contributed by atoms with Crippen LogP contribution >= 0.6 is 0 Å². The Kier molecular flexibility index (Phi) is 4.48. The normalized spacial score (nSPS) is 23.2. The third-order valence-electron chi connectivity index (χ3n) is 3.82. The summed E-state index contributed by atoms with van der Waals surface area (Å²) in [5.74, 6) is 0. The maximum atomic E-state index is 9.31. The van der Waals surface area contributed by atoms with Gasteiger partial charge in [-0.2, -0.15) is 0 Å². The molecule has 2 N–H and O–H groups in total. The highest BCUT2D eigenvalue weighted by Crippen LogP contribution is 2.27. The van der Waals surface area contributed by atoms with E-state index in [0.717, 1.165) is 26.1 Å². The molecule has 1 atom stereocenters. The molecule has 1 fully saturated rings. The molecule has 1 aromatic carbocycles. The van der Waals surface area contributed by atoms with Gasteiger partial charge in [-0.25, -0.2) is 0 Å². The Bertz CT molecular complexity index is 417. The van der Waals surface area contributed by atoms with Gasteiger partial charge in [-0.15, -0.1) is 0 Å². The minimum absolute atomic E-state index is 0.244. The Balaban J connectivity index is 2.29. The van der Waals surface area contributed by atoms with Crippen LogP contribution in [0.25, 0.3) is 0 Å². The molecule has 1 unspecified atom stereocenters. The molecule has 0 amide bonds. The average Bonchev–Trinajstić information content (AvgIpc) is 2.49. The first-order chi connectivity index (χ1) is 9.02. The lowest BCUT2D eigenvalue weighted by Crippen LogP contribution is -2.42. The highest BCUT2D eigenvalue weighted by Gasteiger charge is 2.30. The van der Waals surface area contributed by atoms with E-state index < -0.39 is 0 Å². The van der Waals surface area contributed by atoms with Gasteiger partial charge in [0.2, 0.25) is 0 Å². The van der Waals surface area contributed by atoms with E-state index in [2.05, 4.69) is 55.3 Å². The number of nitrogens with zero attached hydrogens (tertiary/aromatic N) is 1. The van der Waals surface area contributed by atoms with Crippen molar-refractivity contribution in [3.63, 3.8) is 0 Å². The van der Waals surface area contributed by atoms with Gasteiger partial charge in [-0.1, -0.05) is 26.0 Å². The summed E-state index contributed by atoms with van der Waals surface area (Å²) in [6, 6.07) is 9.04. The summed E-state index contributed by atoms with van der Waals surface area (Å²) in [6.07, 6.45) is 0.816. The molecule has 1 aliphatic rings. The molecule has 3 heteroatoms. The molecule has 1 saturated heterocycles. The van der Waals surface area contributed by atoms with E-state index in [9.17, 15) is 5.11 Å². The standard InChI is InChI=1S/C16H26N2O/c1-13-5-4-6-14(9-13)18-12-16(2,3)11-17-10-15(18)7-8-19/h4-6,9,15,17,19H,7-8,10-12H2,1-3H3. The molecule has 0 radical (unpaired) electrons. The lowest BCUT2D eigenvalue weighted by molar-refractivity contribution is 0.272. The molecule has 0 bridgehead atoms. The topological polar surface area (TPSA) is 35.5 Å². The Morgan fingerprint density at radius 1 is 1.42 bits per heavy atom. The molecule has 1 aliphatic heterocycles. The number of hydrogen-bond acceptors (Lipinski definition) is 3. The SMILES string of the molecule is Cc1cccc(N2CC(C)(C)CNCC2CCO)c1. The summed E-state index contributed by atoms with van der Waals surface area (Å²) >= 11 is 0. The van der Waals surface area contributed by atoms with Crippen molar-refractivity contribution in [2.24, 2.45) is 5.41 Å².